The Labute approximate surface area is 251 Å². The Bertz CT molecular complexity index is 1580. The number of fused-ring (bicyclic) bond motifs is 1. The molecule has 4 aromatic rings. The van der Waals surface area contributed by atoms with Crippen LogP contribution in [-0.2, 0) is 16.4 Å². The third-order valence-electron chi connectivity index (χ3n) is 7.90. The largest absolute Gasteiger partial charge is 0.403 e. The van der Waals surface area contributed by atoms with E-state index in [0.29, 0.717) is 17.7 Å². The Hall–Kier alpha value is -4.06. The molecule has 2 amide bonds. The van der Waals surface area contributed by atoms with Crippen LogP contribution in [0.15, 0.2) is 97.1 Å². The first-order valence-electron chi connectivity index (χ1n) is 14.4. The summed E-state index contributed by atoms with van der Waals surface area (Å²) in [7, 11) is -1.49. The van der Waals surface area contributed by atoms with Crippen molar-refractivity contribution in [2.45, 2.75) is 53.6 Å². The van der Waals surface area contributed by atoms with E-state index in [1.54, 1.807) is 24.3 Å². The molecule has 1 heterocycles. The molecule has 5 heteroatoms. The van der Waals surface area contributed by atoms with Crippen molar-refractivity contribution in [1.29, 1.82) is 0 Å². The van der Waals surface area contributed by atoms with E-state index >= 15 is 0 Å². The number of hydrogen-bond acceptors (Lipinski definition) is 3. The number of nitrogens with zero attached hydrogens (tertiary/aromatic N) is 1. The fourth-order valence-corrected chi connectivity index (χ4v) is 8.24. The lowest BCUT2D eigenvalue weighted by atomic mass is 9.77. The maximum absolute atomic E-state index is 13.0. The molecule has 4 nitrogen and oxygen atoms in total. The number of hydrogen-bond donors (Lipinski definition) is 0. The Morgan fingerprint density at radius 2 is 1.31 bits per heavy atom. The fourth-order valence-electron chi connectivity index (χ4n) is 6.28. The highest BCUT2D eigenvalue weighted by Gasteiger charge is 2.34. The Morgan fingerprint density at radius 3 is 1.81 bits per heavy atom. The van der Waals surface area contributed by atoms with Crippen LogP contribution in [0.25, 0.3) is 5.57 Å². The number of amides is 2. The Balaban J connectivity index is 1.51. The van der Waals surface area contributed by atoms with Crippen molar-refractivity contribution in [3.63, 3.8) is 0 Å². The van der Waals surface area contributed by atoms with Crippen LogP contribution >= 0.6 is 0 Å². The second-order valence-corrected chi connectivity index (χ2v) is 14.1. The molecular weight excluding hydrogens is 534 g/mol. The molecule has 1 radical (unpaired) electrons. The maximum atomic E-state index is 13.0. The minimum atomic E-state index is -1.49. The van der Waals surface area contributed by atoms with Gasteiger partial charge in [0.05, 0.1) is 17.7 Å². The van der Waals surface area contributed by atoms with Gasteiger partial charge in [-0.15, -0.1) is 0 Å². The lowest BCUT2D eigenvalue weighted by Crippen LogP contribution is -2.44. The molecule has 0 fully saturated rings. The van der Waals surface area contributed by atoms with Gasteiger partial charge in [0, 0.05) is 6.54 Å². The molecule has 213 valence electrons. The quantitative estimate of drug-likeness (QED) is 0.176. The van der Waals surface area contributed by atoms with E-state index in [9.17, 15) is 9.59 Å². The van der Waals surface area contributed by atoms with Crippen LogP contribution in [0.4, 0.5) is 0 Å². The van der Waals surface area contributed by atoms with Gasteiger partial charge in [0.25, 0.3) is 20.9 Å². The van der Waals surface area contributed by atoms with Crippen molar-refractivity contribution in [3.05, 3.63) is 136 Å². The summed E-state index contributed by atoms with van der Waals surface area (Å²) < 4.78 is 6.84. The number of allylic oxidation sites excluding steroid dienone is 1. The predicted molar refractivity (Wildman–Crippen MR) is 173 cm³/mol. The van der Waals surface area contributed by atoms with E-state index in [0.717, 1.165) is 16.7 Å². The first-order chi connectivity index (χ1) is 20.1. The third kappa shape index (κ3) is 5.80. The fraction of sp³-hybridized carbons (Fsp3) is 0.243. The average molecular weight is 573 g/mol. The van der Waals surface area contributed by atoms with Gasteiger partial charge in [-0.05, 0) is 82.1 Å². The molecule has 0 saturated heterocycles. The third-order valence-corrected chi connectivity index (χ3v) is 10.1. The van der Waals surface area contributed by atoms with Gasteiger partial charge in [-0.25, -0.2) is 0 Å². The van der Waals surface area contributed by atoms with Crippen LogP contribution in [0.2, 0.25) is 0 Å². The highest BCUT2D eigenvalue weighted by atomic mass is 28.3. The minimum Gasteiger partial charge on any atom is -0.403 e. The van der Waals surface area contributed by atoms with Crippen LogP contribution in [0.5, 0.6) is 0 Å². The molecule has 0 bridgehead atoms. The van der Waals surface area contributed by atoms with Crippen molar-refractivity contribution in [3.8, 4) is 0 Å². The molecule has 0 spiro atoms. The van der Waals surface area contributed by atoms with Crippen LogP contribution in [0, 0.1) is 13.8 Å². The van der Waals surface area contributed by atoms with Crippen LogP contribution in [0.1, 0.15) is 76.2 Å². The molecule has 0 aliphatic carbocycles. The number of imide groups is 1. The highest BCUT2D eigenvalue weighted by molar-refractivity contribution is 6.80. The lowest BCUT2D eigenvalue weighted by Gasteiger charge is -2.29. The topological polar surface area (TPSA) is 46.6 Å². The maximum Gasteiger partial charge on any atom is 0.283 e. The van der Waals surface area contributed by atoms with Crippen LogP contribution < -0.4 is 10.4 Å². The van der Waals surface area contributed by atoms with Crippen LogP contribution in [-0.4, -0.2) is 32.3 Å². The average Bonchev–Trinajstić information content (AvgIpc) is 3.21. The minimum absolute atomic E-state index is 0.0475. The zero-order valence-electron chi connectivity index (χ0n) is 25.3. The molecule has 4 aromatic carbocycles. The van der Waals surface area contributed by atoms with Gasteiger partial charge in [-0.1, -0.05) is 106 Å². The summed E-state index contributed by atoms with van der Waals surface area (Å²) in [5.74, 6) is -0.477. The highest BCUT2D eigenvalue weighted by Crippen LogP contribution is 2.36. The second kappa shape index (κ2) is 12.0. The molecule has 0 aromatic heterocycles. The van der Waals surface area contributed by atoms with Crippen molar-refractivity contribution >= 4 is 36.8 Å². The Kier molecular flexibility index (Phi) is 8.44. The summed E-state index contributed by atoms with van der Waals surface area (Å²) in [6.45, 7) is 13.8. The molecule has 0 unspecified atom stereocenters. The molecular formula is C37H38NO3Si. The molecule has 5 rings (SSSR count). The van der Waals surface area contributed by atoms with Gasteiger partial charge in [-0.3, -0.25) is 14.5 Å². The number of aryl methyl sites for hydroxylation is 1. The summed E-state index contributed by atoms with van der Waals surface area (Å²) in [5.41, 5.74) is 7.94. The summed E-state index contributed by atoms with van der Waals surface area (Å²) in [6, 6.07) is 30.2. The summed E-state index contributed by atoms with van der Waals surface area (Å²) in [5, 5.41) is 2.40. The van der Waals surface area contributed by atoms with Gasteiger partial charge in [0.15, 0.2) is 0 Å². The number of carbonyl (C=O) groups excluding carboxylic acids is 2. The predicted octanol–water partition coefficient (Wildman–Crippen LogP) is 6.62. The van der Waals surface area contributed by atoms with E-state index in [1.165, 1.54) is 32.0 Å². The summed E-state index contributed by atoms with van der Waals surface area (Å²) in [6.07, 6.45) is 2.01. The smallest absolute Gasteiger partial charge is 0.283 e. The van der Waals surface area contributed by atoms with E-state index in [2.05, 4.69) is 96.1 Å². The van der Waals surface area contributed by atoms with Gasteiger partial charge in [0.1, 0.15) is 0 Å². The van der Waals surface area contributed by atoms with Gasteiger partial charge in [-0.2, -0.15) is 0 Å². The molecule has 1 aliphatic rings. The zero-order valence-corrected chi connectivity index (χ0v) is 26.3. The van der Waals surface area contributed by atoms with Crippen molar-refractivity contribution in [2.24, 2.45) is 0 Å². The monoisotopic (exact) mass is 572 g/mol. The van der Waals surface area contributed by atoms with Gasteiger partial charge < -0.3 is 4.43 Å². The summed E-state index contributed by atoms with van der Waals surface area (Å²) >= 11 is 0. The Morgan fingerprint density at radius 1 is 0.810 bits per heavy atom. The van der Waals surface area contributed by atoms with Gasteiger partial charge in [0.2, 0.25) is 0 Å². The van der Waals surface area contributed by atoms with E-state index in [4.69, 9.17) is 4.43 Å². The van der Waals surface area contributed by atoms with Crippen molar-refractivity contribution in [2.75, 3.05) is 6.54 Å². The summed E-state index contributed by atoms with van der Waals surface area (Å²) in [4.78, 5) is 27.4. The van der Waals surface area contributed by atoms with E-state index < -0.39 is 9.04 Å². The SMILES string of the molecule is CC(=CCN1C(=O)c2ccccc2C1=O)c1c(CO[Si](c2ccccc2)c2ccccc2)cc(C)c(C(C)(C)C)c1C. The normalized spacial score (nSPS) is 13.7. The van der Waals surface area contributed by atoms with Crippen LogP contribution in [0.3, 0.4) is 0 Å². The number of carbonyl (C=O) groups is 2. The van der Waals surface area contributed by atoms with Crippen molar-refractivity contribution < 1.29 is 14.0 Å². The standard InChI is InChI=1S/C37H38NO3Si/c1-25(21-22-38-35(39)31-19-13-14-20-32(31)36(38)40)33-27(3)34(37(4,5)6)26(2)23-28(33)24-41-42(29-15-9-7-10-16-29)30-17-11-8-12-18-30/h7-21,23H,22,24H2,1-6H3. The molecule has 0 saturated carbocycles. The van der Waals surface area contributed by atoms with Gasteiger partial charge >= 0.3 is 0 Å². The lowest BCUT2D eigenvalue weighted by molar-refractivity contribution is 0.0672. The van der Waals surface area contributed by atoms with Crippen molar-refractivity contribution in [1.82, 2.24) is 4.90 Å². The zero-order chi connectivity index (χ0) is 30.0. The number of benzene rings is 4. The van der Waals surface area contributed by atoms with E-state index in [1.807, 2.05) is 18.2 Å². The second-order valence-electron chi connectivity index (χ2n) is 12.0. The molecule has 1 aliphatic heterocycles. The first-order valence-corrected chi connectivity index (χ1v) is 15.8. The first kappa shape index (κ1) is 29.4. The molecule has 0 N–H and O–H groups in total. The number of rotatable bonds is 8. The molecule has 0 atom stereocenters. The van der Waals surface area contributed by atoms with E-state index in [-0.39, 0.29) is 23.8 Å². The molecule has 42 heavy (non-hydrogen) atoms.